The second-order valence-corrected chi connectivity index (χ2v) is 3.09. The summed E-state index contributed by atoms with van der Waals surface area (Å²) in [7, 11) is 0. The summed E-state index contributed by atoms with van der Waals surface area (Å²) in [5.74, 6) is 0.0829. The minimum Gasteiger partial charge on any atom is -0.507 e. The Bertz CT molecular complexity index is 530. The summed E-state index contributed by atoms with van der Waals surface area (Å²) in [6.45, 7) is 0.121. The third-order valence-corrected chi connectivity index (χ3v) is 2.07. The summed E-state index contributed by atoms with van der Waals surface area (Å²) in [6, 6.07) is 3.20. The van der Waals surface area contributed by atoms with Crippen molar-refractivity contribution in [3.63, 3.8) is 0 Å². The summed E-state index contributed by atoms with van der Waals surface area (Å²) < 4.78 is 4.91. The fraction of sp³-hybridized carbons (Fsp3) is 0.100. The van der Waals surface area contributed by atoms with Crippen molar-refractivity contribution in [3.05, 3.63) is 47.0 Å². The molecule has 0 aliphatic carbocycles. The van der Waals surface area contributed by atoms with Crippen LogP contribution in [0.2, 0.25) is 0 Å². The molecule has 0 aromatic carbocycles. The molecule has 0 fully saturated rings. The normalized spacial score (nSPS) is 9.75. The van der Waals surface area contributed by atoms with Gasteiger partial charge in [0.1, 0.15) is 5.75 Å². The summed E-state index contributed by atoms with van der Waals surface area (Å²) in [5.41, 5.74) is 10.0. The van der Waals surface area contributed by atoms with Crippen molar-refractivity contribution >= 4 is 0 Å². The molecule has 0 aliphatic rings. The lowest BCUT2D eigenvalue weighted by Crippen LogP contribution is -1.88. The van der Waals surface area contributed by atoms with Crippen LogP contribution in [0.5, 0.6) is 5.75 Å². The number of aromatic nitrogens is 1. The van der Waals surface area contributed by atoms with E-state index in [4.69, 9.17) is 9.95 Å². The smallest absolute Gasteiger partial charge is 0.126 e. The maximum absolute atomic E-state index is 9.75. The van der Waals surface area contributed by atoms with Crippen LogP contribution in [0.1, 0.15) is 5.69 Å². The number of rotatable bonds is 3. The van der Waals surface area contributed by atoms with E-state index >= 15 is 0 Å². The molecule has 0 saturated heterocycles. The highest BCUT2D eigenvalue weighted by molar-refractivity contribution is 5.68. The number of hydrogen-bond donors (Lipinski definition) is 1. The molecule has 0 amide bonds. The minimum absolute atomic E-state index is 0.0829. The van der Waals surface area contributed by atoms with Gasteiger partial charge in [-0.15, -0.1) is 0 Å². The van der Waals surface area contributed by atoms with E-state index < -0.39 is 0 Å². The zero-order chi connectivity index (χ0) is 11.4. The number of aromatic hydroxyl groups is 1. The third kappa shape index (κ3) is 1.97. The first kappa shape index (κ1) is 10.1. The topological polar surface area (TPSA) is 95.0 Å². The predicted octanol–water partition coefficient (Wildman–Crippen LogP) is 2.86. The Morgan fingerprint density at radius 3 is 3.06 bits per heavy atom. The minimum atomic E-state index is 0.0829. The molecule has 2 rings (SSSR count). The first-order valence-corrected chi connectivity index (χ1v) is 4.52. The predicted molar refractivity (Wildman–Crippen MR) is 56.5 cm³/mol. The lowest BCUT2D eigenvalue weighted by molar-refractivity contribution is 0.475. The number of azide groups is 1. The van der Waals surface area contributed by atoms with Crippen molar-refractivity contribution < 1.29 is 9.52 Å². The second-order valence-electron chi connectivity index (χ2n) is 3.09. The Labute approximate surface area is 90.8 Å². The van der Waals surface area contributed by atoms with Crippen LogP contribution in [0, 0.1) is 0 Å². The van der Waals surface area contributed by atoms with Gasteiger partial charge < -0.3 is 9.52 Å². The first-order chi connectivity index (χ1) is 7.81. The zero-order valence-corrected chi connectivity index (χ0v) is 8.24. The van der Waals surface area contributed by atoms with Crippen LogP contribution in [-0.2, 0) is 6.54 Å². The van der Waals surface area contributed by atoms with Gasteiger partial charge in [-0.05, 0) is 11.6 Å². The van der Waals surface area contributed by atoms with E-state index in [2.05, 4.69) is 15.0 Å². The molecular weight excluding hydrogens is 208 g/mol. The van der Waals surface area contributed by atoms with Gasteiger partial charge >= 0.3 is 0 Å². The number of furan rings is 1. The van der Waals surface area contributed by atoms with Gasteiger partial charge in [0.05, 0.1) is 19.1 Å². The van der Waals surface area contributed by atoms with Crippen LogP contribution < -0.4 is 0 Å². The molecule has 0 unspecified atom stereocenters. The maximum Gasteiger partial charge on any atom is 0.126 e. The zero-order valence-electron chi connectivity index (χ0n) is 8.24. The molecule has 0 saturated carbocycles. The van der Waals surface area contributed by atoms with Crippen molar-refractivity contribution in [2.75, 3.05) is 0 Å². The van der Waals surface area contributed by atoms with Crippen LogP contribution in [0.15, 0.2) is 40.4 Å². The Morgan fingerprint density at radius 1 is 1.56 bits per heavy atom. The highest BCUT2D eigenvalue weighted by Gasteiger charge is 2.07. The van der Waals surface area contributed by atoms with Crippen molar-refractivity contribution in [1.82, 2.24) is 4.98 Å². The Hall–Kier alpha value is -2.46. The first-order valence-electron chi connectivity index (χ1n) is 4.52. The molecule has 0 radical (unpaired) electrons. The van der Waals surface area contributed by atoms with Crippen molar-refractivity contribution in [1.29, 1.82) is 0 Å². The van der Waals surface area contributed by atoms with Gasteiger partial charge in [0.2, 0.25) is 0 Å². The van der Waals surface area contributed by atoms with Gasteiger partial charge in [-0.3, -0.25) is 4.98 Å². The molecule has 16 heavy (non-hydrogen) atoms. The van der Waals surface area contributed by atoms with E-state index in [1.807, 2.05) is 0 Å². The van der Waals surface area contributed by atoms with Gasteiger partial charge in [-0.1, -0.05) is 5.11 Å². The van der Waals surface area contributed by atoms with E-state index in [0.717, 1.165) is 5.56 Å². The Kier molecular flexibility index (Phi) is 2.75. The van der Waals surface area contributed by atoms with Gasteiger partial charge in [-0.2, -0.15) is 0 Å². The van der Waals surface area contributed by atoms with E-state index in [1.165, 1.54) is 24.8 Å². The molecule has 2 heterocycles. The van der Waals surface area contributed by atoms with Crippen molar-refractivity contribution in [2.24, 2.45) is 5.11 Å². The number of nitrogens with zero attached hydrogens (tertiary/aromatic N) is 4. The van der Waals surface area contributed by atoms with Crippen molar-refractivity contribution in [2.45, 2.75) is 6.54 Å². The van der Waals surface area contributed by atoms with Gasteiger partial charge in [0.25, 0.3) is 0 Å². The molecule has 80 valence electrons. The van der Waals surface area contributed by atoms with Crippen molar-refractivity contribution in [3.8, 4) is 16.9 Å². The summed E-state index contributed by atoms with van der Waals surface area (Å²) in [5, 5.41) is 13.1. The summed E-state index contributed by atoms with van der Waals surface area (Å²) in [4.78, 5) is 6.69. The summed E-state index contributed by atoms with van der Waals surface area (Å²) >= 11 is 0. The highest BCUT2D eigenvalue weighted by Crippen LogP contribution is 2.28. The van der Waals surface area contributed by atoms with E-state index in [9.17, 15) is 5.11 Å². The Morgan fingerprint density at radius 2 is 2.44 bits per heavy atom. The molecule has 0 atom stereocenters. The van der Waals surface area contributed by atoms with E-state index in [1.54, 1.807) is 6.07 Å². The summed E-state index contributed by atoms with van der Waals surface area (Å²) in [6.07, 6.45) is 4.55. The van der Waals surface area contributed by atoms with Gasteiger partial charge in [-0.25, -0.2) is 0 Å². The Balaban J connectivity index is 2.33. The number of hydrogen-bond acceptors (Lipinski definition) is 4. The molecule has 1 N–H and O–H groups in total. The van der Waals surface area contributed by atoms with Gasteiger partial charge in [0.15, 0.2) is 0 Å². The van der Waals surface area contributed by atoms with Crippen LogP contribution >= 0.6 is 0 Å². The molecule has 6 nitrogen and oxygen atoms in total. The third-order valence-electron chi connectivity index (χ3n) is 2.07. The molecule has 2 aromatic heterocycles. The lowest BCUT2D eigenvalue weighted by atomic mass is 10.1. The van der Waals surface area contributed by atoms with Crippen LogP contribution in [0.4, 0.5) is 0 Å². The van der Waals surface area contributed by atoms with E-state index in [-0.39, 0.29) is 12.3 Å². The largest absolute Gasteiger partial charge is 0.507 e. The van der Waals surface area contributed by atoms with Gasteiger partial charge in [0, 0.05) is 34.0 Å². The number of pyridine rings is 1. The molecular formula is C10H8N4O2. The fourth-order valence-electron chi connectivity index (χ4n) is 1.32. The SMILES string of the molecule is [N-]=[N+]=NCc1cc(O)c(-c2ccoc2)cn1. The van der Waals surface area contributed by atoms with Crippen LogP contribution in [0.3, 0.4) is 0 Å². The monoisotopic (exact) mass is 216 g/mol. The maximum atomic E-state index is 9.75. The van der Waals surface area contributed by atoms with E-state index in [0.29, 0.717) is 11.3 Å². The fourth-order valence-corrected chi connectivity index (χ4v) is 1.32. The highest BCUT2D eigenvalue weighted by atomic mass is 16.3. The van der Waals surface area contributed by atoms with Crippen LogP contribution in [0.25, 0.3) is 21.6 Å². The standard InChI is InChI=1S/C10H8N4O2/c11-14-13-4-8-3-10(15)9(5-12-8)7-1-2-16-6-7/h1-3,5-6H,4H2,(H,12,15). The molecule has 6 heteroatoms. The average molecular weight is 216 g/mol. The average Bonchev–Trinajstić information content (AvgIpc) is 2.80. The molecule has 0 aliphatic heterocycles. The quantitative estimate of drug-likeness (QED) is 0.485. The second kappa shape index (κ2) is 4.37. The lowest BCUT2D eigenvalue weighted by Gasteiger charge is -2.02. The molecule has 0 spiro atoms. The molecule has 0 bridgehead atoms. The molecule has 2 aromatic rings. The van der Waals surface area contributed by atoms with Crippen LogP contribution in [-0.4, -0.2) is 10.1 Å².